The van der Waals surface area contributed by atoms with Crippen LogP contribution in [-0.2, 0) is 0 Å². The van der Waals surface area contributed by atoms with Crippen molar-refractivity contribution in [2.45, 2.75) is 0 Å². The number of hydrogen-bond acceptors (Lipinski definition) is 8. The lowest BCUT2D eigenvalue weighted by Gasteiger charge is -2.36. The second-order valence-corrected chi connectivity index (χ2v) is 5.22. The van der Waals surface area contributed by atoms with Gasteiger partial charge < -0.3 is 15.2 Å². The van der Waals surface area contributed by atoms with Crippen LogP contribution in [-0.4, -0.2) is 41.1 Å². The normalized spacial score (nSPS) is 14.6. The second kappa shape index (κ2) is 6.62. The minimum atomic E-state index is -0.562. The minimum Gasteiger partial charge on any atom is -0.366 e. The Labute approximate surface area is 137 Å². The van der Waals surface area contributed by atoms with E-state index >= 15 is 0 Å². The molecule has 3 rings (SSSR count). The molecule has 10 heteroatoms. The molecule has 0 unspecified atom stereocenters. The molecule has 24 heavy (non-hydrogen) atoms. The summed E-state index contributed by atoms with van der Waals surface area (Å²) in [5.74, 6) is 5.17. The highest BCUT2D eigenvalue weighted by atomic mass is 19.1. The first-order valence-corrected chi connectivity index (χ1v) is 7.32. The van der Waals surface area contributed by atoms with Crippen molar-refractivity contribution in [2.24, 2.45) is 5.84 Å². The number of benzene rings is 1. The van der Waals surface area contributed by atoms with Crippen LogP contribution >= 0.6 is 0 Å². The Morgan fingerprint density at radius 1 is 1.17 bits per heavy atom. The molecular weight excluding hydrogens is 317 g/mol. The molecule has 0 bridgehead atoms. The Morgan fingerprint density at radius 2 is 1.83 bits per heavy atom. The van der Waals surface area contributed by atoms with E-state index in [-0.39, 0.29) is 23.1 Å². The SMILES string of the molecule is NNc1ncnc(N2CCN(c3ccccc3F)CC2)c1[N+](=O)[O-]. The van der Waals surface area contributed by atoms with Crippen molar-refractivity contribution in [1.82, 2.24) is 9.97 Å². The van der Waals surface area contributed by atoms with Gasteiger partial charge in [0.05, 0.1) is 10.6 Å². The zero-order valence-electron chi connectivity index (χ0n) is 12.7. The Balaban J connectivity index is 1.81. The van der Waals surface area contributed by atoms with Crippen molar-refractivity contribution in [1.29, 1.82) is 0 Å². The number of nitro groups is 1. The van der Waals surface area contributed by atoms with E-state index in [0.29, 0.717) is 31.9 Å². The summed E-state index contributed by atoms with van der Waals surface area (Å²) in [4.78, 5) is 22.2. The summed E-state index contributed by atoms with van der Waals surface area (Å²) in [6, 6.07) is 6.55. The van der Waals surface area contributed by atoms with Crippen LogP contribution in [0.25, 0.3) is 0 Å². The molecule has 1 aromatic carbocycles. The standard InChI is InChI=1S/C14H16FN7O2/c15-10-3-1-2-4-11(10)20-5-7-21(8-6-20)14-12(22(23)24)13(19-16)17-9-18-14/h1-4,9H,5-8,16H2,(H,17,18,19). The number of piperazine rings is 1. The van der Waals surface area contributed by atoms with Crippen LogP contribution in [0.15, 0.2) is 30.6 Å². The van der Waals surface area contributed by atoms with Gasteiger partial charge in [-0.2, -0.15) is 0 Å². The number of rotatable bonds is 4. The van der Waals surface area contributed by atoms with E-state index in [1.165, 1.54) is 12.4 Å². The maximum atomic E-state index is 13.9. The summed E-state index contributed by atoms with van der Waals surface area (Å²) in [6.07, 6.45) is 1.22. The van der Waals surface area contributed by atoms with Gasteiger partial charge in [-0.3, -0.25) is 10.1 Å². The molecule has 9 nitrogen and oxygen atoms in total. The van der Waals surface area contributed by atoms with Gasteiger partial charge in [-0.1, -0.05) is 12.1 Å². The van der Waals surface area contributed by atoms with Crippen LogP contribution in [0.2, 0.25) is 0 Å². The number of hydrogen-bond donors (Lipinski definition) is 2. The van der Waals surface area contributed by atoms with Gasteiger partial charge in [-0.05, 0) is 12.1 Å². The lowest BCUT2D eigenvalue weighted by Crippen LogP contribution is -2.47. The molecule has 0 radical (unpaired) electrons. The summed E-state index contributed by atoms with van der Waals surface area (Å²) in [7, 11) is 0. The van der Waals surface area contributed by atoms with Crippen molar-refractivity contribution >= 4 is 23.0 Å². The van der Waals surface area contributed by atoms with E-state index < -0.39 is 4.92 Å². The zero-order valence-corrected chi connectivity index (χ0v) is 12.7. The van der Waals surface area contributed by atoms with Crippen LogP contribution in [0.1, 0.15) is 0 Å². The lowest BCUT2D eigenvalue weighted by atomic mass is 10.2. The molecule has 0 saturated carbocycles. The maximum absolute atomic E-state index is 13.9. The van der Waals surface area contributed by atoms with Gasteiger partial charge in [0.1, 0.15) is 12.1 Å². The quantitative estimate of drug-likeness (QED) is 0.486. The summed E-state index contributed by atoms with van der Waals surface area (Å²) >= 11 is 0. The molecule has 3 N–H and O–H groups in total. The van der Waals surface area contributed by atoms with E-state index in [1.807, 2.05) is 4.90 Å². The smallest absolute Gasteiger partial charge is 0.354 e. The predicted octanol–water partition coefficient (Wildman–Crippen LogP) is 1.14. The van der Waals surface area contributed by atoms with Gasteiger partial charge >= 0.3 is 5.69 Å². The predicted molar refractivity (Wildman–Crippen MR) is 87.3 cm³/mol. The van der Waals surface area contributed by atoms with Crippen molar-refractivity contribution in [3.8, 4) is 0 Å². The minimum absolute atomic E-state index is 0.0402. The van der Waals surface area contributed by atoms with Crippen LogP contribution in [0.3, 0.4) is 0 Å². The molecule has 0 aliphatic carbocycles. The van der Waals surface area contributed by atoms with Crippen molar-refractivity contribution in [3.63, 3.8) is 0 Å². The monoisotopic (exact) mass is 333 g/mol. The van der Waals surface area contributed by atoms with Gasteiger partial charge in [0.25, 0.3) is 0 Å². The van der Waals surface area contributed by atoms with Gasteiger partial charge in [-0.15, -0.1) is 0 Å². The molecule has 1 aromatic heterocycles. The van der Waals surface area contributed by atoms with E-state index in [0.717, 1.165) is 0 Å². The first kappa shape index (κ1) is 15.9. The number of hydrazine groups is 1. The Hall–Kier alpha value is -3.01. The number of halogens is 1. The van der Waals surface area contributed by atoms with Crippen molar-refractivity contribution < 1.29 is 9.31 Å². The molecule has 126 valence electrons. The van der Waals surface area contributed by atoms with Gasteiger partial charge in [0.15, 0.2) is 0 Å². The van der Waals surface area contributed by atoms with E-state index in [9.17, 15) is 14.5 Å². The van der Waals surface area contributed by atoms with Crippen LogP contribution in [0.5, 0.6) is 0 Å². The highest BCUT2D eigenvalue weighted by molar-refractivity contribution is 5.70. The number of anilines is 3. The highest BCUT2D eigenvalue weighted by Crippen LogP contribution is 2.32. The van der Waals surface area contributed by atoms with E-state index in [2.05, 4.69) is 15.4 Å². The maximum Gasteiger partial charge on any atom is 0.354 e. The van der Waals surface area contributed by atoms with Crippen molar-refractivity contribution in [3.05, 3.63) is 46.5 Å². The van der Waals surface area contributed by atoms with Crippen LogP contribution in [0, 0.1) is 15.9 Å². The largest absolute Gasteiger partial charge is 0.366 e. The molecule has 2 aromatic rings. The van der Waals surface area contributed by atoms with Gasteiger partial charge in [0.2, 0.25) is 11.6 Å². The summed E-state index contributed by atoms with van der Waals surface area (Å²) in [5.41, 5.74) is 2.48. The first-order chi connectivity index (χ1) is 11.6. The summed E-state index contributed by atoms with van der Waals surface area (Å²) in [5, 5.41) is 11.3. The molecule has 1 fully saturated rings. The third kappa shape index (κ3) is 2.91. The summed E-state index contributed by atoms with van der Waals surface area (Å²) < 4.78 is 13.9. The fourth-order valence-electron chi connectivity index (χ4n) is 2.74. The first-order valence-electron chi connectivity index (χ1n) is 7.32. The fourth-order valence-corrected chi connectivity index (χ4v) is 2.74. The number of nitrogens with two attached hydrogens (primary N) is 1. The highest BCUT2D eigenvalue weighted by Gasteiger charge is 2.29. The Kier molecular flexibility index (Phi) is 4.38. The second-order valence-electron chi connectivity index (χ2n) is 5.22. The van der Waals surface area contributed by atoms with E-state index in [1.54, 1.807) is 23.1 Å². The van der Waals surface area contributed by atoms with Gasteiger partial charge in [0, 0.05) is 26.2 Å². The van der Waals surface area contributed by atoms with E-state index in [4.69, 9.17) is 5.84 Å². The molecular formula is C14H16FN7O2. The fraction of sp³-hybridized carbons (Fsp3) is 0.286. The molecule has 2 heterocycles. The topological polar surface area (TPSA) is 113 Å². The average Bonchev–Trinajstić information content (AvgIpc) is 2.61. The number of nitrogens with zero attached hydrogens (tertiary/aromatic N) is 5. The number of para-hydroxylation sites is 1. The lowest BCUT2D eigenvalue weighted by molar-refractivity contribution is -0.383. The number of nitrogens with one attached hydrogen (secondary N) is 1. The third-order valence-corrected chi connectivity index (χ3v) is 3.89. The average molecular weight is 333 g/mol. The van der Waals surface area contributed by atoms with Crippen LogP contribution < -0.4 is 21.1 Å². The van der Waals surface area contributed by atoms with Crippen LogP contribution in [0.4, 0.5) is 27.4 Å². The number of aromatic nitrogens is 2. The Morgan fingerprint density at radius 3 is 2.46 bits per heavy atom. The molecule has 0 atom stereocenters. The Bertz CT molecular complexity index is 750. The van der Waals surface area contributed by atoms with Gasteiger partial charge in [-0.25, -0.2) is 20.2 Å². The number of nitrogen functional groups attached to an aromatic ring is 1. The van der Waals surface area contributed by atoms with Crippen molar-refractivity contribution in [2.75, 3.05) is 41.4 Å². The molecule has 1 aliphatic rings. The molecule has 1 saturated heterocycles. The molecule has 1 aliphatic heterocycles. The molecule has 0 spiro atoms. The molecule has 0 amide bonds. The zero-order chi connectivity index (χ0) is 17.1. The summed E-state index contributed by atoms with van der Waals surface area (Å²) in [6.45, 7) is 1.98. The third-order valence-electron chi connectivity index (χ3n) is 3.89.